The number of hydrazone groups is 1. The fraction of sp³-hybridized carbons (Fsp3) is 0.182. The molecule has 88 valence electrons. The molecule has 0 fully saturated rings. The lowest BCUT2D eigenvalue weighted by molar-refractivity contribution is -0.134. The molecule has 0 saturated heterocycles. The van der Waals surface area contributed by atoms with Crippen molar-refractivity contribution in [1.29, 1.82) is 5.26 Å². The first-order chi connectivity index (χ1) is 8.17. The zero-order valence-corrected chi connectivity index (χ0v) is 9.86. The van der Waals surface area contributed by atoms with Crippen LogP contribution in [0, 0.1) is 11.3 Å². The van der Waals surface area contributed by atoms with Gasteiger partial charge in [0.15, 0.2) is 0 Å². The van der Waals surface area contributed by atoms with Crippen molar-refractivity contribution in [2.75, 3.05) is 12.0 Å². The molecule has 0 aliphatic rings. The third-order valence-electron chi connectivity index (χ3n) is 1.72. The van der Waals surface area contributed by atoms with Crippen LogP contribution in [0.25, 0.3) is 0 Å². The number of anilines is 1. The van der Waals surface area contributed by atoms with Crippen LogP contribution in [-0.4, -0.2) is 18.3 Å². The third-order valence-corrected chi connectivity index (χ3v) is 1.97. The Morgan fingerprint density at radius 2 is 2.18 bits per heavy atom. The molecule has 6 heteroatoms. The first kappa shape index (κ1) is 13.0. The number of halogens is 1. The average Bonchev–Trinajstić information content (AvgIpc) is 2.32. The molecule has 5 nitrogen and oxygen atoms in total. The van der Waals surface area contributed by atoms with Crippen molar-refractivity contribution in [3.8, 4) is 6.07 Å². The van der Waals surface area contributed by atoms with E-state index in [4.69, 9.17) is 16.9 Å². The monoisotopic (exact) mass is 251 g/mol. The number of hydrogen-bond acceptors (Lipinski definition) is 5. The van der Waals surface area contributed by atoms with E-state index in [1.807, 2.05) is 0 Å². The van der Waals surface area contributed by atoms with Crippen LogP contribution in [0.3, 0.4) is 0 Å². The largest absolute Gasteiger partial charge is 0.461 e. The SMILES string of the molecule is CCOC(=O)/C(C#N)=N/Nc1ccc(Cl)cc1. The van der Waals surface area contributed by atoms with E-state index in [0.29, 0.717) is 10.7 Å². The summed E-state index contributed by atoms with van der Waals surface area (Å²) < 4.78 is 4.65. The summed E-state index contributed by atoms with van der Waals surface area (Å²) in [5, 5.41) is 12.9. The summed E-state index contributed by atoms with van der Waals surface area (Å²) in [6.07, 6.45) is 0. The van der Waals surface area contributed by atoms with Gasteiger partial charge in [-0.25, -0.2) is 4.79 Å². The number of hydrogen-bond donors (Lipinski definition) is 1. The number of ether oxygens (including phenoxy) is 1. The molecule has 0 radical (unpaired) electrons. The predicted octanol–water partition coefficient (Wildman–Crippen LogP) is 2.19. The lowest BCUT2D eigenvalue weighted by Gasteiger charge is -2.01. The lowest BCUT2D eigenvalue weighted by Crippen LogP contribution is -2.17. The highest BCUT2D eigenvalue weighted by Gasteiger charge is 2.11. The molecule has 0 aromatic heterocycles. The molecule has 0 aliphatic heterocycles. The molecule has 0 bridgehead atoms. The van der Waals surface area contributed by atoms with Crippen molar-refractivity contribution in [2.24, 2.45) is 5.10 Å². The highest BCUT2D eigenvalue weighted by Crippen LogP contribution is 2.13. The van der Waals surface area contributed by atoms with E-state index >= 15 is 0 Å². The second-order valence-corrected chi connectivity index (χ2v) is 3.35. The van der Waals surface area contributed by atoms with Gasteiger partial charge in [0.1, 0.15) is 6.07 Å². The number of carbonyl (C=O) groups is 1. The molecular weight excluding hydrogens is 242 g/mol. The number of nitrogens with zero attached hydrogens (tertiary/aromatic N) is 2. The number of esters is 1. The van der Waals surface area contributed by atoms with Gasteiger partial charge in [0.2, 0.25) is 5.71 Å². The van der Waals surface area contributed by atoms with Gasteiger partial charge < -0.3 is 4.74 Å². The minimum Gasteiger partial charge on any atom is -0.461 e. The van der Waals surface area contributed by atoms with Crippen molar-refractivity contribution < 1.29 is 9.53 Å². The van der Waals surface area contributed by atoms with Gasteiger partial charge in [-0.15, -0.1) is 0 Å². The van der Waals surface area contributed by atoms with Gasteiger partial charge in [-0.05, 0) is 31.2 Å². The van der Waals surface area contributed by atoms with Gasteiger partial charge in [0.25, 0.3) is 0 Å². The summed E-state index contributed by atoms with van der Waals surface area (Å²) in [4.78, 5) is 11.2. The molecule has 1 N–H and O–H groups in total. The number of rotatable bonds is 4. The Bertz CT molecular complexity index is 463. The maximum Gasteiger partial charge on any atom is 0.369 e. The Labute approximate surface area is 104 Å². The number of nitrogens with one attached hydrogen (secondary N) is 1. The van der Waals surface area contributed by atoms with E-state index in [1.165, 1.54) is 0 Å². The quantitative estimate of drug-likeness (QED) is 0.506. The zero-order valence-electron chi connectivity index (χ0n) is 9.11. The minimum atomic E-state index is -0.753. The smallest absolute Gasteiger partial charge is 0.369 e. The van der Waals surface area contributed by atoms with Gasteiger partial charge in [-0.1, -0.05) is 11.6 Å². The normalized spacial score (nSPS) is 10.5. The fourth-order valence-corrected chi connectivity index (χ4v) is 1.09. The highest BCUT2D eigenvalue weighted by molar-refractivity contribution is 6.43. The van der Waals surface area contributed by atoms with E-state index in [1.54, 1.807) is 37.3 Å². The molecule has 0 amide bonds. The van der Waals surface area contributed by atoms with Crippen LogP contribution in [0.5, 0.6) is 0 Å². The molecule has 0 aliphatic carbocycles. The van der Waals surface area contributed by atoms with Gasteiger partial charge in [0.05, 0.1) is 12.3 Å². The predicted molar refractivity (Wildman–Crippen MR) is 64.8 cm³/mol. The maximum atomic E-state index is 11.2. The minimum absolute atomic E-state index is 0.195. The first-order valence-corrected chi connectivity index (χ1v) is 5.21. The van der Waals surface area contributed by atoms with Crippen LogP contribution in [-0.2, 0) is 9.53 Å². The molecule has 0 saturated carbocycles. The molecule has 0 atom stereocenters. The van der Waals surface area contributed by atoms with E-state index in [2.05, 4.69) is 15.3 Å². The summed E-state index contributed by atoms with van der Waals surface area (Å²) in [6, 6.07) is 8.33. The zero-order chi connectivity index (χ0) is 12.7. The number of carbonyl (C=O) groups excluding carboxylic acids is 1. The van der Waals surface area contributed by atoms with Crippen LogP contribution in [0.2, 0.25) is 5.02 Å². The van der Waals surface area contributed by atoms with Gasteiger partial charge in [-0.3, -0.25) is 5.43 Å². The molecule has 0 heterocycles. The molecule has 1 aromatic rings. The Hall–Kier alpha value is -2.06. The topological polar surface area (TPSA) is 74.5 Å². The van der Waals surface area contributed by atoms with Crippen LogP contribution in [0.1, 0.15) is 6.92 Å². The van der Waals surface area contributed by atoms with Crippen molar-refractivity contribution in [2.45, 2.75) is 6.92 Å². The Balaban J connectivity index is 2.71. The summed E-state index contributed by atoms with van der Waals surface area (Å²) in [6.45, 7) is 1.85. The summed E-state index contributed by atoms with van der Waals surface area (Å²) >= 11 is 5.70. The fourth-order valence-electron chi connectivity index (χ4n) is 0.961. The van der Waals surface area contributed by atoms with Crippen LogP contribution in [0.15, 0.2) is 29.4 Å². The molecule has 1 rings (SSSR count). The second-order valence-electron chi connectivity index (χ2n) is 2.91. The maximum absolute atomic E-state index is 11.2. The van der Waals surface area contributed by atoms with E-state index in [0.717, 1.165) is 0 Å². The molecule has 0 spiro atoms. The Morgan fingerprint density at radius 3 is 2.71 bits per heavy atom. The first-order valence-electron chi connectivity index (χ1n) is 4.84. The molecule has 1 aromatic carbocycles. The summed E-state index contributed by atoms with van der Waals surface area (Å²) in [5.74, 6) is -0.753. The van der Waals surface area contributed by atoms with Crippen molar-refractivity contribution >= 4 is 29.0 Å². The van der Waals surface area contributed by atoms with Crippen molar-refractivity contribution in [3.63, 3.8) is 0 Å². The average molecular weight is 252 g/mol. The number of nitriles is 1. The van der Waals surface area contributed by atoms with Gasteiger partial charge in [0, 0.05) is 5.02 Å². The van der Waals surface area contributed by atoms with E-state index < -0.39 is 5.97 Å². The van der Waals surface area contributed by atoms with Crippen LogP contribution in [0.4, 0.5) is 5.69 Å². The van der Waals surface area contributed by atoms with E-state index in [-0.39, 0.29) is 12.3 Å². The molecule has 17 heavy (non-hydrogen) atoms. The summed E-state index contributed by atoms with van der Waals surface area (Å²) in [7, 11) is 0. The lowest BCUT2D eigenvalue weighted by atomic mass is 10.3. The Kier molecular flexibility index (Phi) is 4.98. The Morgan fingerprint density at radius 1 is 1.53 bits per heavy atom. The van der Waals surface area contributed by atoms with Crippen molar-refractivity contribution in [3.05, 3.63) is 29.3 Å². The van der Waals surface area contributed by atoms with Crippen LogP contribution >= 0.6 is 11.6 Å². The molecule has 0 unspecified atom stereocenters. The summed E-state index contributed by atoms with van der Waals surface area (Å²) in [5.41, 5.74) is 2.85. The third kappa shape index (κ3) is 4.13. The molecular formula is C11H10ClN3O2. The highest BCUT2D eigenvalue weighted by atomic mass is 35.5. The van der Waals surface area contributed by atoms with Gasteiger partial charge in [-0.2, -0.15) is 10.4 Å². The van der Waals surface area contributed by atoms with Crippen LogP contribution < -0.4 is 5.43 Å². The van der Waals surface area contributed by atoms with Gasteiger partial charge >= 0.3 is 5.97 Å². The van der Waals surface area contributed by atoms with E-state index in [9.17, 15) is 4.79 Å². The van der Waals surface area contributed by atoms with Crippen molar-refractivity contribution in [1.82, 2.24) is 0 Å². The second kappa shape index (κ2) is 6.51. The number of benzene rings is 1. The standard InChI is InChI=1S/C11H10ClN3O2/c1-2-17-11(16)10(7-13)15-14-9-5-3-8(12)4-6-9/h3-6,14H,2H2,1H3/b15-10+.